The van der Waals surface area contributed by atoms with Gasteiger partial charge in [-0.1, -0.05) is 23.7 Å². The monoisotopic (exact) mass is 365 g/mol. The Balaban J connectivity index is 1.57. The van der Waals surface area contributed by atoms with E-state index in [0.717, 1.165) is 40.9 Å². The normalized spacial score (nSPS) is 15.4. The van der Waals surface area contributed by atoms with Gasteiger partial charge in [-0.25, -0.2) is 0 Å². The second-order valence-electron chi connectivity index (χ2n) is 7.75. The summed E-state index contributed by atoms with van der Waals surface area (Å²) in [6, 6.07) is 6.04. The van der Waals surface area contributed by atoms with Crippen molar-refractivity contribution in [2.45, 2.75) is 65.3 Å². The molecule has 27 heavy (non-hydrogen) atoms. The first-order chi connectivity index (χ1) is 13.0. The molecule has 1 aromatic carbocycles. The summed E-state index contributed by atoms with van der Waals surface area (Å²) in [5, 5.41) is 8.35. The van der Waals surface area contributed by atoms with Crippen molar-refractivity contribution in [3.8, 4) is 0 Å². The Morgan fingerprint density at radius 3 is 2.85 bits per heavy atom. The van der Waals surface area contributed by atoms with Crippen molar-refractivity contribution in [3.63, 3.8) is 0 Å². The minimum atomic E-state index is -0.0312. The van der Waals surface area contributed by atoms with Crippen molar-refractivity contribution in [3.05, 3.63) is 52.0 Å². The Hall–Kier alpha value is -2.56. The molecule has 0 fully saturated rings. The molecular formula is C22H27N3O2. The average Bonchev–Trinajstić information content (AvgIpc) is 3.05. The maximum Gasteiger partial charge on any atom is 0.253 e. The van der Waals surface area contributed by atoms with Crippen molar-refractivity contribution in [1.82, 2.24) is 15.5 Å². The van der Waals surface area contributed by atoms with Gasteiger partial charge in [0.15, 0.2) is 0 Å². The van der Waals surface area contributed by atoms with Gasteiger partial charge in [0.25, 0.3) is 5.91 Å². The van der Waals surface area contributed by atoms with Gasteiger partial charge in [-0.15, -0.1) is 0 Å². The van der Waals surface area contributed by atoms with Crippen LogP contribution in [0.4, 0.5) is 0 Å². The fourth-order valence-corrected chi connectivity index (χ4v) is 4.25. The van der Waals surface area contributed by atoms with E-state index in [9.17, 15) is 4.79 Å². The van der Waals surface area contributed by atoms with E-state index < -0.39 is 0 Å². The zero-order valence-corrected chi connectivity index (χ0v) is 16.3. The van der Waals surface area contributed by atoms with E-state index in [1.54, 1.807) is 0 Å². The molecule has 142 valence electrons. The molecule has 0 aliphatic heterocycles. The first kappa shape index (κ1) is 17.8. The molecule has 2 heterocycles. The molecule has 1 atom stereocenters. The van der Waals surface area contributed by atoms with E-state index in [2.05, 4.69) is 21.5 Å². The van der Waals surface area contributed by atoms with Gasteiger partial charge in [-0.3, -0.25) is 4.79 Å². The summed E-state index contributed by atoms with van der Waals surface area (Å²) in [7, 11) is 0. The van der Waals surface area contributed by atoms with E-state index >= 15 is 0 Å². The van der Waals surface area contributed by atoms with Crippen LogP contribution in [0.15, 0.2) is 22.7 Å². The van der Waals surface area contributed by atoms with Gasteiger partial charge in [0, 0.05) is 22.7 Å². The maximum absolute atomic E-state index is 13.0. The van der Waals surface area contributed by atoms with Crippen LogP contribution in [0.3, 0.4) is 0 Å². The summed E-state index contributed by atoms with van der Waals surface area (Å²) >= 11 is 0. The van der Waals surface area contributed by atoms with Crippen LogP contribution < -0.4 is 5.32 Å². The van der Waals surface area contributed by atoms with E-state index in [0.29, 0.717) is 6.42 Å². The van der Waals surface area contributed by atoms with Crippen molar-refractivity contribution in [2.24, 2.45) is 0 Å². The molecule has 0 saturated heterocycles. The summed E-state index contributed by atoms with van der Waals surface area (Å²) in [6.45, 7) is 5.87. The molecule has 0 radical (unpaired) electrons. The van der Waals surface area contributed by atoms with Crippen LogP contribution in [-0.4, -0.2) is 22.1 Å². The first-order valence-electron chi connectivity index (χ1n) is 9.89. The number of aromatic amines is 1. The van der Waals surface area contributed by atoms with Gasteiger partial charge >= 0.3 is 0 Å². The number of amides is 1. The van der Waals surface area contributed by atoms with Gasteiger partial charge < -0.3 is 14.8 Å². The number of rotatable bonds is 4. The van der Waals surface area contributed by atoms with E-state index in [-0.39, 0.29) is 11.9 Å². The van der Waals surface area contributed by atoms with Crippen molar-refractivity contribution in [2.75, 3.05) is 0 Å². The predicted octanol–water partition coefficient (Wildman–Crippen LogP) is 4.40. The second kappa shape index (κ2) is 7.22. The molecule has 0 spiro atoms. The zero-order chi connectivity index (χ0) is 19.0. The molecule has 1 amide bonds. The number of nitrogens with zero attached hydrogens (tertiary/aromatic N) is 1. The molecule has 1 aliphatic rings. The molecular weight excluding hydrogens is 338 g/mol. The highest BCUT2D eigenvalue weighted by atomic mass is 16.5. The Morgan fingerprint density at radius 2 is 2.07 bits per heavy atom. The highest BCUT2D eigenvalue weighted by Gasteiger charge is 2.20. The number of hydrogen-bond acceptors (Lipinski definition) is 3. The molecule has 5 heteroatoms. The Morgan fingerprint density at radius 1 is 1.26 bits per heavy atom. The Labute approximate surface area is 159 Å². The lowest BCUT2D eigenvalue weighted by Crippen LogP contribution is -2.34. The summed E-state index contributed by atoms with van der Waals surface area (Å²) in [5.41, 5.74) is 6.39. The summed E-state index contributed by atoms with van der Waals surface area (Å²) in [5.74, 6) is 0.792. The molecule has 2 aromatic heterocycles. The molecule has 0 saturated carbocycles. The molecule has 5 nitrogen and oxygen atoms in total. The van der Waals surface area contributed by atoms with Crippen LogP contribution in [0.5, 0.6) is 0 Å². The first-order valence-corrected chi connectivity index (χ1v) is 9.89. The SMILES string of the molecule is Cc1noc(C)c1C[C@@H](C)NC(=O)c1cccc2c3c([nH]c12)CCCCC3. The number of H-pyrrole nitrogens is 1. The number of carbonyl (C=O) groups excluding carboxylic acids is 1. The van der Waals surface area contributed by atoms with Crippen LogP contribution in [0.25, 0.3) is 10.9 Å². The number of benzene rings is 1. The van der Waals surface area contributed by atoms with Crippen molar-refractivity contribution < 1.29 is 9.32 Å². The minimum absolute atomic E-state index is 0.00246. The number of fused-ring (bicyclic) bond motifs is 3. The largest absolute Gasteiger partial charge is 0.361 e. The topological polar surface area (TPSA) is 70.9 Å². The summed E-state index contributed by atoms with van der Waals surface area (Å²) in [6.07, 6.45) is 6.62. The number of carbonyl (C=O) groups is 1. The van der Waals surface area contributed by atoms with Crippen LogP contribution in [0, 0.1) is 13.8 Å². The highest BCUT2D eigenvalue weighted by molar-refractivity contribution is 6.06. The van der Waals surface area contributed by atoms with Crippen LogP contribution in [0.1, 0.15) is 64.8 Å². The molecule has 1 aliphatic carbocycles. The quantitative estimate of drug-likeness (QED) is 0.673. The predicted molar refractivity (Wildman–Crippen MR) is 106 cm³/mol. The number of nitrogens with one attached hydrogen (secondary N) is 2. The second-order valence-corrected chi connectivity index (χ2v) is 7.75. The van der Waals surface area contributed by atoms with Gasteiger partial charge in [0.05, 0.1) is 16.8 Å². The molecule has 3 aromatic rings. The zero-order valence-electron chi connectivity index (χ0n) is 16.3. The number of para-hydroxylation sites is 1. The fourth-order valence-electron chi connectivity index (χ4n) is 4.25. The lowest BCUT2D eigenvalue weighted by atomic mass is 10.0. The van der Waals surface area contributed by atoms with Crippen LogP contribution >= 0.6 is 0 Å². The van der Waals surface area contributed by atoms with Gasteiger partial charge in [0.2, 0.25) is 0 Å². The minimum Gasteiger partial charge on any atom is -0.361 e. The molecule has 0 bridgehead atoms. The van der Waals surface area contributed by atoms with E-state index in [1.165, 1.54) is 35.9 Å². The summed E-state index contributed by atoms with van der Waals surface area (Å²) < 4.78 is 5.23. The lowest BCUT2D eigenvalue weighted by Gasteiger charge is -2.14. The number of aromatic nitrogens is 2. The van der Waals surface area contributed by atoms with Crippen LogP contribution in [-0.2, 0) is 19.3 Å². The highest BCUT2D eigenvalue weighted by Crippen LogP contribution is 2.30. The lowest BCUT2D eigenvalue weighted by molar-refractivity contribution is 0.0941. The third-order valence-corrected chi connectivity index (χ3v) is 5.70. The van der Waals surface area contributed by atoms with E-state index in [4.69, 9.17) is 4.52 Å². The number of aryl methyl sites for hydroxylation is 4. The van der Waals surface area contributed by atoms with Gasteiger partial charge in [-0.2, -0.15) is 0 Å². The third-order valence-electron chi connectivity index (χ3n) is 5.70. The Bertz CT molecular complexity index is 964. The molecule has 4 rings (SSSR count). The summed E-state index contributed by atoms with van der Waals surface area (Å²) in [4.78, 5) is 16.5. The third kappa shape index (κ3) is 3.38. The van der Waals surface area contributed by atoms with Crippen molar-refractivity contribution >= 4 is 16.8 Å². The standard InChI is InChI=1S/C22H27N3O2/c1-13(12-19-14(2)25-27-15(19)3)23-22(26)18-10-7-9-17-16-8-5-4-6-11-20(16)24-21(17)18/h7,9-10,13,24H,4-6,8,11-12H2,1-3H3,(H,23,26)/t13-/m1/s1. The van der Waals surface area contributed by atoms with Crippen molar-refractivity contribution in [1.29, 1.82) is 0 Å². The number of hydrogen-bond donors (Lipinski definition) is 2. The van der Waals surface area contributed by atoms with E-state index in [1.807, 2.05) is 32.9 Å². The van der Waals surface area contributed by atoms with Gasteiger partial charge in [-0.05, 0) is 64.5 Å². The average molecular weight is 365 g/mol. The molecule has 2 N–H and O–H groups in total. The fraction of sp³-hybridized carbons (Fsp3) is 0.455. The smallest absolute Gasteiger partial charge is 0.253 e. The molecule has 0 unspecified atom stereocenters. The van der Waals surface area contributed by atoms with Gasteiger partial charge in [0.1, 0.15) is 5.76 Å². The van der Waals surface area contributed by atoms with Crippen LogP contribution in [0.2, 0.25) is 0 Å². The Kier molecular flexibility index (Phi) is 4.77. The maximum atomic E-state index is 13.0.